The molecule has 11 nitrogen and oxygen atoms in total. The van der Waals surface area contributed by atoms with Gasteiger partial charge in [0.2, 0.25) is 5.89 Å². The first-order chi connectivity index (χ1) is 13.3. The molecule has 0 radical (unpaired) electrons. The fourth-order valence-corrected chi connectivity index (χ4v) is 2.34. The van der Waals surface area contributed by atoms with Crippen molar-refractivity contribution in [1.29, 1.82) is 0 Å². The van der Waals surface area contributed by atoms with Crippen LogP contribution in [-0.4, -0.2) is 26.0 Å². The molecular formula is C16H9ClN4O7. The standard InChI is InChI=1S/C16H9ClN4O7/c17-13-6-5-11(21(25)26)7-12(13)16(22)27-8-14-18-19-15(28-14)9-1-3-10(4-2-9)20(23)24/h1-7H,8H2. The summed E-state index contributed by atoms with van der Waals surface area (Å²) in [7, 11) is 0. The molecule has 1 aromatic heterocycles. The SMILES string of the molecule is O=C(OCc1nnc(-c2ccc([N+](=O)[O-])cc2)o1)c1cc([N+](=O)[O-])ccc1Cl. The number of nitrogens with zero attached hydrogens (tertiary/aromatic N) is 4. The Hall–Kier alpha value is -3.86. The van der Waals surface area contributed by atoms with E-state index in [9.17, 15) is 25.0 Å². The predicted molar refractivity (Wildman–Crippen MR) is 93.6 cm³/mol. The van der Waals surface area contributed by atoms with E-state index in [4.69, 9.17) is 20.8 Å². The molecule has 0 fully saturated rings. The minimum atomic E-state index is -0.899. The first kappa shape index (κ1) is 18.9. The van der Waals surface area contributed by atoms with Crippen LogP contribution in [0.4, 0.5) is 11.4 Å². The van der Waals surface area contributed by atoms with E-state index in [1.165, 1.54) is 30.3 Å². The van der Waals surface area contributed by atoms with Crippen molar-refractivity contribution in [3.8, 4) is 11.5 Å². The summed E-state index contributed by atoms with van der Waals surface area (Å²) in [4.78, 5) is 32.4. The molecule has 0 unspecified atom stereocenters. The lowest BCUT2D eigenvalue weighted by Gasteiger charge is -2.04. The van der Waals surface area contributed by atoms with Crippen molar-refractivity contribution in [3.63, 3.8) is 0 Å². The molecule has 0 aliphatic heterocycles. The number of hydrogen-bond donors (Lipinski definition) is 0. The van der Waals surface area contributed by atoms with Gasteiger partial charge in [-0.05, 0) is 18.2 Å². The number of rotatable bonds is 6. The van der Waals surface area contributed by atoms with E-state index in [0.717, 1.165) is 12.1 Å². The Morgan fingerprint density at radius 2 is 1.68 bits per heavy atom. The molecule has 28 heavy (non-hydrogen) atoms. The van der Waals surface area contributed by atoms with E-state index in [2.05, 4.69) is 10.2 Å². The van der Waals surface area contributed by atoms with Crippen molar-refractivity contribution in [2.75, 3.05) is 0 Å². The highest BCUT2D eigenvalue weighted by Crippen LogP contribution is 2.24. The van der Waals surface area contributed by atoms with Crippen LogP contribution in [0.3, 0.4) is 0 Å². The monoisotopic (exact) mass is 404 g/mol. The van der Waals surface area contributed by atoms with Gasteiger partial charge in [-0.1, -0.05) is 11.6 Å². The van der Waals surface area contributed by atoms with Gasteiger partial charge in [-0.25, -0.2) is 4.79 Å². The minimum Gasteiger partial charge on any atom is -0.452 e. The summed E-state index contributed by atoms with van der Waals surface area (Å²) in [6.07, 6.45) is 0. The number of esters is 1. The van der Waals surface area contributed by atoms with Gasteiger partial charge in [0.05, 0.1) is 20.4 Å². The van der Waals surface area contributed by atoms with Gasteiger partial charge in [0.1, 0.15) is 0 Å². The Bertz CT molecular complexity index is 1070. The molecule has 2 aromatic carbocycles. The molecule has 3 rings (SSSR count). The maximum absolute atomic E-state index is 12.1. The number of halogens is 1. The number of carbonyl (C=O) groups excluding carboxylic acids is 1. The fraction of sp³-hybridized carbons (Fsp3) is 0.0625. The maximum Gasteiger partial charge on any atom is 0.340 e. The Kier molecular flexibility index (Phi) is 5.27. The third-order valence-corrected chi connectivity index (χ3v) is 3.83. The Labute approximate surface area is 160 Å². The Balaban J connectivity index is 1.69. The lowest BCUT2D eigenvalue weighted by atomic mass is 10.2. The molecule has 0 saturated heterocycles. The summed E-state index contributed by atoms with van der Waals surface area (Å²) in [6, 6.07) is 8.81. The summed E-state index contributed by atoms with van der Waals surface area (Å²) in [5.74, 6) is -0.860. The highest BCUT2D eigenvalue weighted by atomic mass is 35.5. The van der Waals surface area contributed by atoms with Gasteiger partial charge in [0.15, 0.2) is 6.61 Å². The number of aromatic nitrogens is 2. The third kappa shape index (κ3) is 4.10. The number of benzene rings is 2. The molecule has 1 heterocycles. The second-order valence-electron chi connectivity index (χ2n) is 5.30. The molecule has 142 valence electrons. The van der Waals surface area contributed by atoms with Gasteiger partial charge in [0, 0.05) is 29.8 Å². The minimum absolute atomic E-state index is 0.00676. The largest absolute Gasteiger partial charge is 0.452 e. The summed E-state index contributed by atoms with van der Waals surface area (Å²) < 4.78 is 10.3. The van der Waals surface area contributed by atoms with Crippen LogP contribution < -0.4 is 0 Å². The van der Waals surface area contributed by atoms with Crippen molar-refractivity contribution >= 4 is 28.9 Å². The van der Waals surface area contributed by atoms with Crippen LogP contribution in [0.15, 0.2) is 46.9 Å². The van der Waals surface area contributed by atoms with E-state index >= 15 is 0 Å². The molecule has 0 amide bonds. The molecule has 0 aliphatic rings. The molecule has 0 saturated carbocycles. The van der Waals surface area contributed by atoms with Gasteiger partial charge in [-0.3, -0.25) is 20.2 Å². The van der Waals surface area contributed by atoms with Crippen molar-refractivity contribution in [2.45, 2.75) is 6.61 Å². The number of ether oxygens (including phenoxy) is 1. The first-order valence-corrected chi connectivity index (χ1v) is 7.91. The van der Waals surface area contributed by atoms with Crippen LogP contribution in [0, 0.1) is 20.2 Å². The third-order valence-electron chi connectivity index (χ3n) is 3.50. The van der Waals surface area contributed by atoms with E-state index in [0.29, 0.717) is 5.56 Å². The summed E-state index contributed by atoms with van der Waals surface area (Å²) >= 11 is 5.87. The van der Waals surface area contributed by atoms with Crippen molar-refractivity contribution in [2.24, 2.45) is 0 Å². The second-order valence-corrected chi connectivity index (χ2v) is 5.71. The number of nitro groups is 2. The highest BCUT2D eigenvalue weighted by molar-refractivity contribution is 6.33. The zero-order valence-corrected chi connectivity index (χ0v) is 14.5. The van der Waals surface area contributed by atoms with Gasteiger partial charge >= 0.3 is 5.97 Å². The molecule has 0 N–H and O–H groups in total. The molecule has 12 heteroatoms. The quantitative estimate of drug-likeness (QED) is 0.341. The smallest absolute Gasteiger partial charge is 0.340 e. The van der Waals surface area contributed by atoms with Gasteiger partial charge in [0.25, 0.3) is 17.3 Å². The Morgan fingerprint density at radius 3 is 2.32 bits per heavy atom. The number of hydrogen-bond acceptors (Lipinski definition) is 9. The van der Waals surface area contributed by atoms with Crippen LogP contribution >= 0.6 is 11.6 Å². The second kappa shape index (κ2) is 7.80. The summed E-state index contributed by atoms with van der Waals surface area (Å²) in [5, 5.41) is 28.9. The molecule has 0 bridgehead atoms. The number of non-ortho nitro benzene ring substituents is 2. The van der Waals surface area contributed by atoms with E-state index in [1.54, 1.807) is 0 Å². The molecule has 3 aromatic rings. The number of nitro benzene ring substituents is 2. The van der Waals surface area contributed by atoms with Crippen LogP contribution in [0.5, 0.6) is 0 Å². The molecular weight excluding hydrogens is 396 g/mol. The first-order valence-electron chi connectivity index (χ1n) is 7.53. The predicted octanol–water partition coefficient (Wildman–Crippen LogP) is 3.56. The van der Waals surface area contributed by atoms with Gasteiger partial charge in [-0.2, -0.15) is 0 Å². The van der Waals surface area contributed by atoms with Crippen molar-refractivity contribution < 1.29 is 23.8 Å². The van der Waals surface area contributed by atoms with Crippen LogP contribution in [0.25, 0.3) is 11.5 Å². The molecule has 0 aliphatic carbocycles. The summed E-state index contributed by atoms with van der Waals surface area (Å²) in [6.45, 7) is -0.391. The average Bonchev–Trinajstić information content (AvgIpc) is 3.15. The lowest BCUT2D eigenvalue weighted by molar-refractivity contribution is -0.385. The van der Waals surface area contributed by atoms with Gasteiger partial charge < -0.3 is 9.15 Å². The van der Waals surface area contributed by atoms with E-state index in [-0.39, 0.29) is 33.7 Å². The topological polar surface area (TPSA) is 152 Å². The molecule has 0 spiro atoms. The zero-order chi connectivity index (χ0) is 20.3. The van der Waals surface area contributed by atoms with E-state index < -0.39 is 22.4 Å². The van der Waals surface area contributed by atoms with Crippen LogP contribution in [0.2, 0.25) is 5.02 Å². The normalized spacial score (nSPS) is 10.5. The average molecular weight is 405 g/mol. The highest BCUT2D eigenvalue weighted by Gasteiger charge is 2.18. The van der Waals surface area contributed by atoms with E-state index in [1.807, 2.05) is 0 Å². The maximum atomic E-state index is 12.1. The molecule has 0 atom stereocenters. The number of carbonyl (C=O) groups is 1. The van der Waals surface area contributed by atoms with Crippen molar-refractivity contribution in [1.82, 2.24) is 10.2 Å². The van der Waals surface area contributed by atoms with Crippen molar-refractivity contribution in [3.05, 3.63) is 79.2 Å². The summed E-state index contributed by atoms with van der Waals surface area (Å²) in [5.41, 5.74) is -0.135. The zero-order valence-electron chi connectivity index (χ0n) is 13.8. The van der Waals surface area contributed by atoms with Crippen LogP contribution in [-0.2, 0) is 11.3 Å². The van der Waals surface area contributed by atoms with Crippen LogP contribution in [0.1, 0.15) is 16.2 Å². The lowest BCUT2D eigenvalue weighted by Crippen LogP contribution is -2.07. The fourth-order valence-electron chi connectivity index (χ4n) is 2.14. The van der Waals surface area contributed by atoms with Gasteiger partial charge in [-0.15, -0.1) is 10.2 Å². The Morgan fingerprint density at radius 1 is 1.04 bits per heavy atom.